The molecule has 4 aromatic rings. The lowest BCUT2D eigenvalue weighted by Gasteiger charge is -2.12. The van der Waals surface area contributed by atoms with Crippen LogP contribution in [0.15, 0.2) is 41.2 Å². The molecular weight excluding hydrogens is 414 g/mol. The molecule has 29 heavy (non-hydrogen) atoms. The second kappa shape index (κ2) is 7.73. The highest BCUT2D eigenvalue weighted by atomic mass is 35.5. The zero-order chi connectivity index (χ0) is 20.5. The van der Waals surface area contributed by atoms with Crippen molar-refractivity contribution in [2.75, 3.05) is 21.3 Å². The van der Waals surface area contributed by atoms with Crippen molar-refractivity contribution >= 4 is 34.0 Å². The number of hydrogen-bond donors (Lipinski definition) is 0. The minimum absolute atomic E-state index is 0.254. The van der Waals surface area contributed by atoms with Crippen LogP contribution in [0.4, 0.5) is 0 Å². The first-order valence-electron chi connectivity index (χ1n) is 8.52. The van der Waals surface area contributed by atoms with Crippen LogP contribution in [0.1, 0.15) is 5.56 Å². The van der Waals surface area contributed by atoms with Gasteiger partial charge in [-0.2, -0.15) is 9.50 Å². The van der Waals surface area contributed by atoms with Crippen LogP contribution in [-0.2, 0) is 0 Å². The molecule has 2 aromatic heterocycles. The van der Waals surface area contributed by atoms with E-state index in [0.717, 1.165) is 5.56 Å². The average molecular weight is 430 g/mol. The van der Waals surface area contributed by atoms with Gasteiger partial charge in [0.2, 0.25) is 10.7 Å². The summed E-state index contributed by atoms with van der Waals surface area (Å²) < 4.78 is 17.9. The van der Waals surface area contributed by atoms with Crippen LogP contribution in [-0.4, -0.2) is 35.9 Å². The van der Waals surface area contributed by atoms with E-state index in [2.05, 4.69) is 10.1 Å². The lowest BCUT2D eigenvalue weighted by Crippen LogP contribution is -2.23. The molecule has 2 aromatic carbocycles. The first-order valence-corrected chi connectivity index (χ1v) is 9.71. The third kappa shape index (κ3) is 3.41. The normalized spacial score (nSPS) is 11.8. The SMILES string of the molecule is COc1cc(-c2nc3sc(=Cc4ccccc4Cl)c(=O)n3n2)cc(OC)c1OC. The number of aromatic nitrogens is 3. The van der Waals surface area contributed by atoms with Gasteiger partial charge in [-0.3, -0.25) is 4.79 Å². The highest BCUT2D eigenvalue weighted by Gasteiger charge is 2.18. The molecule has 0 N–H and O–H groups in total. The van der Waals surface area contributed by atoms with Crippen molar-refractivity contribution < 1.29 is 14.2 Å². The molecule has 0 aliphatic carbocycles. The fraction of sp³-hybridized carbons (Fsp3) is 0.150. The summed E-state index contributed by atoms with van der Waals surface area (Å²) in [6.07, 6.45) is 1.74. The zero-order valence-electron chi connectivity index (χ0n) is 15.8. The molecule has 0 bridgehead atoms. The first-order chi connectivity index (χ1) is 14.0. The monoisotopic (exact) mass is 429 g/mol. The van der Waals surface area contributed by atoms with Gasteiger partial charge in [-0.25, -0.2) is 0 Å². The van der Waals surface area contributed by atoms with Gasteiger partial charge in [0.25, 0.3) is 5.56 Å². The van der Waals surface area contributed by atoms with E-state index in [1.807, 2.05) is 18.2 Å². The Morgan fingerprint density at radius 2 is 1.76 bits per heavy atom. The second-order valence-corrected chi connectivity index (χ2v) is 7.40. The number of fused-ring (bicyclic) bond motifs is 1. The molecule has 0 fully saturated rings. The van der Waals surface area contributed by atoms with E-state index in [0.29, 0.717) is 43.2 Å². The molecule has 0 saturated heterocycles. The fourth-order valence-corrected chi connectivity index (χ4v) is 3.99. The number of rotatable bonds is 5. The van der Waals surface area contributed by atoms with Gasteiger partial charge in [-0.15, -0.1) is 5.10 Å². The van der Waals surface area contributed by atoms with Crippen LogP contribution in [0.3, 0.4) is 0 Å². The number of halogens is 1. The van der Waals surface area contributed by atoms with E-state index in [4.69, 9.17) is 25.8 Å². The number of thiazole rings is 1. The van der Waals surface area contributed by atoms with Gasteiger partial charge in [0.1, 0.15) is 0 Å². The molecule has 0 spiro atoms. The van der Waals surface area contributed by atoms with Crippen molar-refractivity contribution in [2.24, 2.45) is 0 Å². The molecule has 0 unspecified atom stereocenters. The van der Waals surface area contributed by atoms with Gasteiger partial charge in [0, 0.05) is 10.6 Å². The van der Waals surface area contributed by atoms with Gasteiger partial charge >= 0.3 is 0 Å². The summed E-state index contributed by atoms with van der Waals surface area (Å²) in [5, 5.41) is 4.95. The van der Waals surface area contributed by atoms with Crippen molar-refractivity contribution in [3.05, 3.63) is 61.9 Å². The Morgan fingerprint density at radius 1 is 1.07 bits per heavy atom. The van der Waals surface area contributed by atoms with Crippen molar-refractivity contribution in [3.8, 4) is 28.6 Å². The highest BCUT2D eigenvalue weighted by Crippen LogP contribution is 2.40. The second-order valence-electron chi connectivity index (χ2n) is 5.98. The minimum atomic E-state index is -0.254. The van der Waals surface area contributed by atoms with E-state index < -0.39 is 0 Å². The molecule has 0 amide bonds. The number of benzene rings is 2. The average Bonchev–Trinajstić information content (AvgIpc) is 3.28. The lowest BCUT2D eigenvalue weighted by atomic mass is 10.1. The maximum absolute atomic E-state index is 12.8. The minimum Gasteiger partial charge on any atom is -0.493 e. The number of hydrogen-bond acceptors (Lipinski definition) is 7. The van der Waals surface area contributed by atoms with E-state index in [-0.39, 0.29) is 5.56 Å². The van der Waals surface area contributed by atoms with Crippen molar-refractivity contribution in [2.45, 2.75) is 0 Å². The Kier molecular flexibility index (Phi) is 5.12. The summed E-state index contributed by atoms with van der Waals surface area (Å²) in [6, 6.07) is 10.8. The quantitative estimate of drug-likeness (QED) is 0.485. The van der Waals surface area contributed by atoms with Crippen LogP contribution in [0.25, 0.3) is 22.4 Å². The van der Waals surface area contributed by atoms with E-state index >= 15 is 0 Å². The van der Waals surface area contributed by atoms with Crippen LogP contribution < -0.4 is 24.3 Å². The van der Waals surface area contributed by atoms with Gasteiger partial charge in [-0.1, -0.05) is 41.1 Å². The summed E-state index contributed by atoms with van der Waals surface area (Å²) in [4.78, 5) is 17.7. The number of ether oxygens (including phenoxy) is 3. The molecule has 4 rings (SSSR count). The maximum atomic E-state index is 12.8. The molecule has 0 saturated carbocycles. The molecule has 2 heterocycles. The largest absolute Gasteiger partial charge is 0.493 e. The molecule has 148 valence electrons. The van der Waals surface area contributed by atoms with E-state index in [1.165, 1.54) is 37.2 Å². The predicted molar refractivity (Wildman–Crippen MR) is 112 cm³/mol. The summed E-state index contributed by atoms with van der Waals surface area (Å²) in [7, 11) is 4.60. The van der Waals surface area contributed by atoms with Crippen LogP contribution in [0.2, 0.25) is 5.02 Å². The summed E-state index contributed by atoms with van der Waals surface area (Å²) in [6.45, 7) is 0. The number of nitrogens with zero attached hydrogens (tertiary/aromatic N) is 3. The first kappa shape index (κ1) is 19.2. The van der Waals surface area contributed by atoms with Gasteiger partial charge in [0.15, 0.2) is 17.3 Å². The Morgan fingerprint density at radius 3 is 2.34 bits per heavy atom. The van der Waals surface area contributed by atoms with Crippen molar-refractivity contribution in [3.63, 3.8) is 0 Å². The van der Waals surface area contributed by atoms with Crippen molar-refractivity contribution in [1.82, 2.24) is 14.6 Å². The van der Waals surface area contributed by atoms with Crippen LogP contribution >= 0.6 is 22.9 Å². The summed E-state index contributed by atoms with van der Waals surface area (Å²) >= 11 is 7.43. The topological polar surface area (TPSA) is 75.0 Å². The molecule has 0 atom stereocenters. The van der Waals surface area contributed by atoms with Gasteiger partial charge < -0.3 is 14.2 Å². The lowest BCUT2D eigenvalue weighted by molar-refractivity contribution is 0.324. The maximum Gasteiger partial charge on any atom is 0.291 e. The van der Waals surface area contributed by atoms with E-state index in [1.54, 1.807) is 24.3 Å². The summed E-state index contributed by atoms with van der Waals surface area (Å²) in [5.74, 6) is 1.82. The highest BCUT2D eigenvalue weighted by molar-refractivity contribution is 7.15. The van der Waals surface area contributed by atoms with Crippen LogP contribution in [0.5, 0.6) is 17.2 Å². The van der Waals surface area contributed by atoms with E-state index in [9.17, 15) is 4.79 Å². The molecule has 9 heteroatoms. The molecule has 0 aliphatic heterocycles. The Labute approximate surface area is 174 Å². The van der Waals surface area contributed by atoms with Gasteiger partial charge in [-0.05, 0) is 29.8 Å². The van der Waals surface area contributed by atoms with Crippen LogP contribution in [0, 0.1) is 0 Å². The Hall–Kier alpha value is -3.10. The third-order valence-corrected chi connectivity index (χ3v) is 5.60. The predicted octanol–water partition coefficient (Wildman–Crippen LogP) is 3.04. The smallest absolute Gasteiger partial charge is 0.291 e. The standard InChI is InChI=1S/C20H16ClN3O4S/c1-26-14-8-12(9-15(27-2)17(14)28-3)18-22-20-24(23-18)19(25)16(29-20)10-11-6-4-5-7-13(11)21/h4-10H,1-3H3. The Bertz CT molecular complexity index is 1290. The van der Waals surface area contributed by atoms with Crippen molar-refractivity contribution in [1.29, 1.82) is 0 Å². The fourth-order valence-electron chi connectivity index (χ4n) is 2.90. The van der Waals surface area contributed by atoms with Gasteiger partial charge in [0.05, 0.1) is 25.9 Å². The molecular formula is C20H16ClN3O4S. The molecule has 0 radical (unpaired) electrons. The third-order valence-electron chi connectivity index (χ3n) is 4.30. The summed E-state index contributed by atoms with van der Waals surface area (Å²) in [5.41, 5.74) is 1.16. The Balaban J connectivity index is 1.83. The molecule has 7 nitrogen and oxygen atoms in total. The molecule has 0 aliphatic rings. The number of methoxy groups -OCH3 is 3. The zero-order valence-corrected chi connectivity index (χ0v) is 17.4.